The number of benzene rings is 2. The predicted octanol–water partition coefficient (Wildman–Crippen LogP) is 4.50. The van der Waals surface area contributed by atoms with Crippen LogP contribution in [0.25, 0.3) is 10.9 Å². The van der Waals surface area contributed by atoms with Crippen LogP contribution in [0.15, 0.2) is 54.7 Å². The Kier molecular flexibility index (Phi) is 3.24. The highest BCUT2D eigenvalue weighted by Gasteiger charge is 2.06. The maximum absolute atomic E-state index is 9.16. The fraction of sp³-hybridized carbons (Fsp3) is 0. The van der Waals surface area contributed by atoms with E-state index >= 15 is 0 Å². The first kappa shape index (κ1) is 12.5. The number of aromatic nitrogens is 1. The molecule has 0 unspecified atom stereocenters. The van der Waals surface area contributed by atoms with E-state index in [0.29, 0.717) is 16.3 Å². The average molecular weight is 280 g/mol. The van der Waals surface area contributed by atoms with Crippen molar-refractivity contribution in [3.05, 3.63) is 65.3 Å². The Balaban J connectivity index is 2.02. The monoisotopic (exact) mass is 279 g/mol. The number of pyridine rings is 1. The van der Waals surface area contributed by atoms with Gasteiger partial charge in [-0.1, -0.05) is 35.9 Å². The number of anilines is 2. The number of rotatable bonds is 2. The highest BCUT2D eigenvalue weighted by molar-refractivity contribution is 6.32. The number of para-hydroxylation sites is 1. The molecule has 0 amide bonds. The smallest absolute Gasteiger partial charge is 0.103 e. The van der Waals surface area contributed by atoms with E-state index in [1.165, 1.54) is 0 Å². The van der Waals surface area contributed by atoms with Crippen LogP contribution in [0.1, 0.15) is 5.56 Å². The van der Waals surface area contributed by atoms with Crippen LogP contribution in [-0.2, 0) is 0 Å². The summed E-state index contributed by atoms with van der Waals surface area (Å²) in [5.74, 6) is 0. The summed E-state index contributed by atoms with van der Waals surface area (Å²) < 4.78 is 0. The van der Waals surface area contributed by atoms with E-state index in [-0.39, 0.29) is 0 Å². The second-order valence-corrected chi connectivity index (χ2v) is 4.72. The third-order valence-corrected chi connectivity index (χ3v) is 3.31. The van der Waals surface area contributed by atoms with E-state index in [0.717, 1.165) is 16.6 Å². The summed E-state index contributed by atoms with van der Waals surface area (Å²) in [6.45, 7) is 0. The van der Waals surface area contributed by atoms with Crippen LogP contribution in [0.4, 0.5) is 11.4 Å². The molecule has 1 N–H and O–H groups in total. The van der Waals surface area contributed by atoms with Crippen molar-refractivity contribution in [1.82, 2.24) is 4.98 Å². The second-order valence-electron chi connectivity index (χ2n) is 4.32. The van der Waals surface area contributed by atoms with Gasteiger partial charge >= 0.3 is 0 Å². The number of hydrogen-bond acceptors (Lipinski definition) is 3. The Bertz CT molecular complexity index is 821. The van der Waals surface area contributed by atoms with E-state index < -0.39 is 0 Å². The molecule has 0 aliphatic rings. The standard InChI is InChI=1S/C16H10ClN3/c17-14-5-3-7-16(13(14)9-18)20-12-8-11-4-1-2-6-15(11)19-10-12/h1-8,10,20H. The molecule has 0 saturated carbocycles. The van der Waals surface area contributed by atoms with Gasteiger partial charge in [-0.2, -0.15) is 5.26 Å². The van der Waals surface area contributed by atoms with Crippen LogP contribution >= 0.6 is 11.6 Å². The van der Waals surface area contributed by atoms with E-state index in [1.54, 1.807) is 18.3 Å². The number of nitriles is 1. The van der Waals surface area contributed by atoms with Gasteiger partial charge < -0.3 is 5.32 Å². The van der Waals surface area contributed by atoms with E-state index in [9.17, 15) is 0 Å². The van der Waals surface area contributed by atoms with Gasteiger partial charge in [-0.15, -0.1) is 0 Å². The van der Waals surface area contributed by atoms with Crippen molar-refractivity contribution in [3.8, 4) is 6.07 Å². The number of fused-ring (bicyclic) bond motifs is 1. The quantitative estimate of drug-likeness (QED) is 0.751. The lowest BCUT2D eigenvalue weighted by Crippen LogP contribution is -1.95. The van der Waals surface area contributed by atoms with Gasteiger partial charge in [0.2, 0.25) is 0 Å². The van der Waals surface area contributed by atoms with Crippen LogP contribution in [-0.4, -0.2) is 4.98 Å². The SMILES string of the molecule is N#Cc1c(Cl)cccc1Nc1cnc2ccccc2c1. The van der Waals surface area contributed by atoms with Gasteiger partial charge in [-0.25, -0.2) is 0 Å². The maximum Gasteiger partial charge on any atom is 0.103 e. The molecule has 0 saturated heterocycles. The van der Waals surface area contributed by atoms with Crippen LogP contribution in [0.3, 0.4) is 0 Å². The van der Waals surface area contributed by atoms with Crippen LogP contribution in [0.5, 0.6) is 0 Å². The molecule has 0 aliphatic carbocycles. The molecule has 3 aromatic rings. The number of halogens is 1. The minimum Gasteiger partial charge on any atom is -0.353 e. The summed E-state index contributed by atoms with van der Waals surface area (Å²) in [5, 5.41) is 13.8. The topological polar surface area (TPSA) is 48.7 Å². The van der Waals surface area contributed by atoms with Crippen LogP contribution in [0.2, 0.25) is 5.02 Å². The fourth-order valence-electron chi connectivity index (χ4n) is 2.04. The molecule has 0 spiro atoms. The minimum absolute atomic E-state index is 0.433. The van der Waals surface area contributed by atoms with Gasteiger partial charge in [-0.05, 0) is 24.3 Å². The molecule has 0 radical (unpaired) electrons. The molecule has 20 heavy (non-hydrogen) atoms. The zero-order valence-corrected chi connectivity index (χ0v) is 11.2. The first-order valence-corrected chi connectivity index (χ1v) is 6.46. The lowest BCUT2D eigenvalue weighted by atomic mass is 10.1. The molecule has 0 bridgehead atoms. The zero-order chi connectivity index (χ0) is 13.9. The summed E-state index contributed by atoms with van der Waals surface area (Å²) in [4.78, 5) is 4.38. The Morgan fingerprint density at radius 1 is 1.10 bits per heavy atom. The van der Waals surface area contributed by atoms with Gasteiger partial charge in [0.25, 0.3) is 0 Å². The summed E-state index contributed by atoms with van der Waals surface area (Å²) in [5.41, 5.74) is 2.87. The Morgan fingerprint density at radius 3 is 2.80 bits per heavy atom. The fourth-order valence-corrected chi connectivity index (χ4v) is 2.25. The molecule has 0 atom stereocenters. The summed E-state index contributed by atoms with van der Waals surface area (Å²) in [7, 11) is 0. The van der Waals surface area contributed by atoms with Crippen molar-refractivity contribution in [2.75, 3.05) is 5.32 Å². The number of hydrogen-bond donors (Lipinski definition) is 1. The lowest BCUT2D eigenvalue weighted by Gasteiger charge is -2.09. The molecule has 0 fully saturated rings. The van der Waals surface area contributed by atoms with Gasteiger partial charge in [0, 0.05) is 5.39 Å². The highest BCUT2D eigenvalue weighted by Crippen LogP contribution is 2.27. The second kappa shape index (κ2) is 5.20. The normalized spacial score (nSPS) is 10.2. The average Bonchev–Trinajstić information content (AvgIpc) is 2.47. The first-order valence-electron chi connectivity index (χ1n) is 6.08. The molecule has 3 rings (SSSR count). The van der Waals surface area contributed by atoms with Crippen molar-refractivity contribution in [1.29, 1.82) is 5.26 Å². The van der Waals surface area contributed by atoms with Crippen LogP contribution < -0.4 is 5.32 Å². The largest absolute Gasteiger partial charge is 0.353 e. The summed E-state index contributed by atoms with van der Waals surface area (Å²) in [6.07, 6.45) is 1.74. The lowest BCUT2D eigenvalue weighted by molar-refractivity contribution is 1.39. The third-order valence-electron chi connectivity index (χ3n) is 2.99. The van der Waals surface area contributed by atoms with Crippen molar-refractivity contribution in [2.45, 2.75) is 0 Å². The Morgan fingerprint density at radius 2 is 1.95 bits per heavy atom. The zero-order valence-electron chi connectivity index (χ0n) is 10.5. The minimum atomic E-state index is 0.433. The molecule has 1 heterocycles. The molecule has 0 aliphatic heterocycles. The van der Waals surface area contributed by atoms with Gasteiger partial charge in [0.05, 0.1) is 33.7 Å². The van der Waals surface area contributed by atoms with E-state index in [1.807, 2.05) is 36.4 Å². The maximum atomic E-state index is 9.16. The van der Waals surface area contributed by atoms with Gasteiger partial charge in [0.1, 0.15) is 6.07 Å². The van der Waals surface area contributed by atoms with Gasteiger partial charge in [-0.3, -0.25) is 4.98 Å². The van der Waals surface area contributed by atoms with E-state index in [2.05, 4.69) is 16.4 Å². The molecule has 96 valence electrons. The molecule has 1 aromatic heterocycles. The number of nitrogens with zero attached hydrogens (tertiary/aromatic N) is 2. The van der Waals surface area contributed by atoms with Crippen molar-refractivity contribution in [2.24, 2.45) is 0 Å². The number of nitrogens with one attached hydrogen (secondary N) is 1. The first-order chi connectivity index (χ1) is 9.78. The predicted molar refractivity (Wildman–Crippen MR) is 81.2 cm³/mol. The third kappa shape index (κ3) is 2.29. The Labute approximate surface area is 121 Å². The van der Waals surface area contributed by atoms with Crippen LogP contribution in [0, 0.1) is 11.3 Å². The van der Waals surface area contributed by atoms with E-state index in [4.69, 9.17) is 16.9 Å². The Hall–Kier alpha value is -2.57. The molecular formula is C16H10ClN3. The van der Waals surface area contributed by atoms with Crippen molar-refractivity contribution < 1.29 is 0 Å². The summed E-state index contributed by atoms with van der Waals surface area (Å²) >= 11 is 6.01. The molecule has 4 heteroatoms. The highest BCUT2D eigenvalue weighted by atomic mass is 35.5. The van der Waals surface area contributed by atoms with Gasteiger partial charge in [0.15, 0.2) is 0 Å². The molecule has 3 nitrogen and oxygen atoms in total. The summed E-state index contributed by atoms with van der Waals surface area (Å²) in [6, 6.07) is 17.3. The van der Waals surface area contributed by atoms with Crippen molar-refractivity contribution >= 4 is 33.9 Å². The van der Waals surface area contributed by atoms with Crippen molar-refractivity contribution in [3.63, 3.8) is 0 Å². The molecule has 2 aromatic carbocycles. The molecular weight excluding hydrogens is 270 g/mol.